The van der Waals surface area contributed by atoms with Crippen LogP contribution < -0.4 is 5.32 Å². The number of esters is 1. The number of Topliss-reactive ketones (excluding diaryl/α,β-unsaturated/α-hetero) is 2. The summed E-state index contributed by atoms with van der Waals surface area (Å²) in [4.78, 5) is 74.4. The molecule has 0 aromatic rings. The van der Waals surface area contributed by atoms with Crippen molar-refractivity contribution in [2.24, 2.45) is 11.8 Å². The first kappa shape index (κ1) is 48.2. The monoisotopic (exact) mass is 767 g/mol. The normalized spacial score (nSPS) is 18.4. The number of nitrogens with one attached hydrogen (secondary N) is 1. The molecule has 16 heteroatoms. The number of hydrogen-bond acceptors (Lipinski definition) is 13. The molecule has 306 valence electrons. The van der Waals surface area contributed by atoms with Crippen molar-refractivity contribution in [1.82, 2.24) is 15.4 Å². The number of rotatable bonds is 26. The van der Waals surface area contributed by atoms with Crippen LogP contribution in [0.2, 0.25) is 0 Å². The molecule has 0 aromatic heterocycles. The first-order chi connectivity index (χ1) is 25.5. The number of carbonyl (C=O) groups excluding carboxylic acids is 6. The third-order valence-electron chi connectivity index (χ3n) is 9.08. The number of amides is 3. The standard InChI is InChI=1S/C38H61N3O13/c1-25(12-17-42)20-34(47)32(45)11-5-8-30(23-28(4)44)38(51)54-19-14-27(3)22-36(49)41(53)16-7-10-31-33(46)24-29(37(50)39-31)9-6-15-40(52)35(48)21-26(2)13-18-43/h20-22,29-32,34,42-43,45,47,52-53H,5-19,23-24H2,1-4H3,(H,39,50)/b25-20+,26-21-,27-22-. The van der Waals surface area contributed by atoms with E-state index >= 15 is 0 Å². The summed E-state index contributed by atoms with van der Waals surface area (Å²) in [5, 5.41) is 62.2. The summed E-state index contributed by atoms with van der Waals surface area (Å²) < 4.78 is 5.36. The van der Waals surface area contributed by atoms with Crippen LogP contribution in [-0.2, 0) is 33.5 Å². The van der Waals surface area contributed by atoms with Crippen LogP contribution in [0, 0.1) is 11.8 Å². The fourth-order valence-electron chi connectivity index (χ4n) is 5.85. The smallest absolute Gasteiger partial charge is 0.309 e. The molecule has 0 aromatic carbocycles. The number of ether oxygens (including phenoxy) is 1. The largest absolute Gasteiger partial charge is 0.465 e. The molecule has 0 aliphatic carbocycles. The van der Waals surface area contributed by atoms with E-state index in [1.165, 1.54) is 25.2 Å². The number of aliphatic hydroxyl groups excluding tert-OH is 4. The highest BCUT2D eigenvalue weighted by Crippen LogP contribution is 2.21. The van der Waals surface area contributed by atoms with Gasteiger partial charge in [-0.05, 0) is 85.5 Å². The Morgan fingerprint density at radius 3 is 1.94 bits per heavy atom. The summed E-state index contributed by atoms with van der Waals surface area (Å²) in [5.41, 5.74) is 1.86. The lowest BCUT2D eigenvalue weighted by molar-refractivity contribution is -0.160. The van der Waals surface area contributed by atoms with E-state index < -0.39 is 47.9 Å². The number of hydroxylamine groups is 4. The minimum Gasteiger partial charge on any atom is -0.465 e. The molecule has 1 aliphatic rings. The number of nitrogens with zero attached hydrogens (tertiary/aromatic N) is 2. The Hall–Kier alpha value is -3.80. The minimum atomic E-state index is -1.13. The van der Waals surface area contributed by atoms with Crippen LogP contribution in [0.4, 0.5) is 0 Å². The van der Waals surface area contributed by atoms with Gasteiger partial charge in [-0.3, -0.25) is 34.4 Å². The first-order valence-corrected chi connectivity index (χ1v) is 18.6. The summed E-state index contributed by atoms with van der Waals surface area (Å²) in [6.45, 7) is 5.96. The van der Waals surface area contributed by atoms with Gasteiger partial charge in [0.05, 0.1) is 30.8 Å². The van der Waals surface area contributed by atoms with Crippen molar-refractivity contribution in [3.8, 4) is 0 Å². The van der Waals surface area contributed by atoms with Gasteiger partial charge in [0, 0.05) is 63.6 Å². The highest BCUT2D eigenvalue weighted by Gasteiger charge is 2.33. The molecule has 0 radical (unpaired) electrons. The van der Waals surface area contributed by atoms with E-state index in [1.54, 1.807) is 20.8 Å². The Balaban J connectivity index is 2.46. The van der Waals surface area contributed by atoms with Crippen molar-refractivity contribution >= 4 is 35.3 Å². The minimum absolute atomic E-state index is 0.00722. The predicted molar refractivity (Wildman–Crippen MR) is 195 cm³/mol. The molecule has 0 saturated carbocycles. The molecule has 16 nitrogen and oxygen atoms in total. The van der Waals surface area contributed by atoms with Crippen molar-refractivity contribution in [2.75, 3.05) is 32.9 Å². The molecular formula is C38H61N3O13. The van der Waals surface area contributed by atoms with Crippen molar-refractivity contribution in [3.05, 3.63) is 34.9 Å². The van der Waals surface area contributed by atoms with E-state index in [4.69, 9.17) is 14.9 Å². The van der Waals surface area contributed by atoms with Crippen LogP contribution in [0.3, 0.4) is 0 Å². The molecule has 0 spiro atoms. The Morgan fingerprint density at radius 1 is 0.815 bits per heavy atom. The van der Waals surface area contributed by atoms with E-state index in [2.05, 4.69) is 5.32 Å². The number of ketones is 2. The zero-order valence-electron chi connectivity index (χ0n) is 32.1. The molecule has 1 rings (SSSR count). The Kier molecular flexibility index (Phi) is 23.3. The third kappa shape index (κ3) is 19.5. The van der Waals surface area contributed by atoms with Gasteiger partial charge in [-0.1, -0.05) is 22.8 Å². The average molecular weight is 768 g/mol. The van der Waals surface area contributed by atoms with E-state index in [0.29, 0.717) is 40.5 Å². The van der Waals surface area contributed by atoms with Gasteiger partial charge in [0.2, 0.25) is 5.91 Å². The van der Waals surface area contributed by atoms with Crippen LogP contribution in [-0.4, -0.2) is 127 Å². The van der Waals surface area contributed by atoms with E-state index in [-0.39, 0.29) is 108 Å². The summed E-state index contributed by atoms with van der Waals surface area (Å²) >= 11 is 0. The second-order valence-corrected chi connectivity index (χ2v) is 14.1. The molecule has 5 atom stereocenters. The van der Waals surface area contributed by atoms with Gasteiger partial charge in [-0.25, -0.2) is 10.1 Å². The van der Waals surface area contributed by atoms with E-state index in [9.17, 15) is 49.4 Å². The van der Waals surface area contributed by atoms with Crippen molar-refractivity contribution in [3.63, 3.8) is 0 Å². The van der Waals surface area contributed by atoms with Gasteiger partial charge in [0.1, 0.15) is 5.78 Å². The molecule has 3 amide bonds. The van der Waals surface area contributed by atoms with E-state index in [0.717, 1.165) is 5.57 Å². The molecule has 54 heavy (non-hydrogen) atoms. The van der Waals surface area contributed by atoms with Crippen molar-refractivity contribution < 1.29 is 64.3 Å². The number of aliphatic hydroxyl groups is 4. The molecule has 1 aliphatic heterocycles. The zero-order chi connectivity index (χ0) is 40.8. The lowest BCUT2D eigenvalue weighted by Crippen LogP contribution is -2.50. The van der Waals surface area contributed by atoms with Gasteiger partial charge in [-0.2, -0.15) is 0 Å². The maximum atomic E-state index is 12.7. The van der Waals surface area contributed by atoms with Gasteiger partial charge in [0.15, 0.2) is 5.78 Å². The summed E-state index contributed by atoms with van der Waals surface area (Å²) in [6, 6.07) is -0.771. The molecule has 5 unspecified atom stereocenters. The molecule has 0 bridgehead atoms. The van der Waals surface area contributed by atoms with Gasteiger partial charge >= 0.3 is 5.97 Å². The number of carbonyl (C=O) groups is 6. The van der Waals surface area contributed by atoms with Crippen LogP contribution in [0.25, 0.3) is 0 Å². The second kappa shape index (κ2) is 26.1. The highest BCUT2D eigenvalue weighted by atomic mass is 16.5. The van der Waals surface area contributed by atoms with Gasteiger partial charge in [0.25, 0.3) is 11.8 Å². The van der Waals surface area contributed by atoms with Crippen LogP contribution in [0.1, 0.15) is 105 Å². The highest BCUT2D eigenvalue weighted by molar-refractivity contribution is 5.96. The Labute approximate surface area is 317 Å². The van der Waals surface area contributed by atoms with E-state index in [1.807, 2.05) is 0 Å². The SMILES string of the molecule is CC(=O)CC(CCCC(O)C(O)/C=C(\C)CCO)C(=O)OCC/C(C)=C\C(=O)N(O)CCCC1NC(=O)C(CCCN(O)C(=O)/C=C(/C)CCO)CC1=O. The molecule has 1 saturated heterocycles. The Morgan fingerprint density at radius 2 is 1.37 bits per heavy atom. The predicted octanol–water partition coefficient (Wildman–Crippen LogP) is 2.08. The fourth-order valence-corrected chi connectivity index (χ4v) is 5.85. The molecule has 7 N–H and O–H groups in total. The number of piperidine rings is 1. The summed E-state index contributed by atoms with van der Waals surface area (Å²) in [5.74, 6) is -4.03. The summed E-state index contributed by atoms with van der Waals surface area (Å²) in [6.07, 6.45) is 4.25. The molecular weight excluding hydrogens is 706 g/mol. The lowest BCUT2D eigenvalue weighted by Gasteiger charge is -2.28. The zero-order valence-corrected chi connectivity index (χ0v) is 32.1. The maximum absolute atomic E-state index is 12.7. The topological polar surface area (TPSA) is 252 Å². The third-order valence-corrected chi connectivity index (χ3v) is 9.08. The van der Waals surface area contributed by atoms with Crippen LogP contribution >= 0.6 is 0 Å². The molecule has 1 fully saturated rings. The van der Waals surface area contributed by atoms with Crippen LogP contribution in [0.15, 0.2) is 34.9 Å². The maximum Gasteiger partial charge on any atom is 0.309 e. The second-order valence-electron chi connectivity index (χ2n) is 14.1. The number of hydrogen-bond donors (Lipinski definition) is 7. The molecule has 1 heterocycles. The lowest BCUT2D eigenvalue weighted by atomic mass is 9.87. The Bertz CT molecular complexity index is 1350. The fraction of sp³-hybridized carbons (Fsp3) is 0.684. The van der Waals surface area contributed by atoms with Crippen LogP contribution in [0.5, 0.6) is 0 Å². The first-order valence-electron chi connectivity index (χ1n) is 18.6. The average Bonchev–Trinajstić information content (AvgIpc) is 3.09. The summed E-state index contributed by atoms with van der Waals surface area (Å²) in [7, 11) is 0. The van der Waals surface area contributed by atoms with Gasteiger partial charge in [-0.15, -0.1) is 0 Å². The van der Waals surface area contributed by atoms with Crippen molar-refractivity contribution in [1.29, 1.82) is 0 Å². The van der Waals surface area contributed by atoms with Gasteiger partial charge < -0.3 is 35.3 Å². The quantitative estimate of drug-likeness (QED) is 0.0219. The van der Waals surface area contributed by atoms with Crippen molar-refractivity contribution in [2.45, 2.75) is 123 Å².